The number of Topliss-reactive ketones (excluding diaryl/α,β-unsaturated/α-hetero) is 1. The van der Waals surface area contributed by atoms with Crippen LogP contribution in [0.5, 0.6) is 0 Å². The summed E-state index contributed by atoms with van der Waals surface area (Å²) in [5.74, 6) is 1.02. The largest absolute Gasteiger partial charge is 0.302 e. The topological polar surface area (TPSA) is 20.3 Å². The number of carbonyl (C=O) groups is 1. The Morgan fingerprint density at radius 1 is 1.37 bits per heavy atom. The van der Waals surface area contributed by atoms with Crippen LogP contribution in [0.2, 0.25) is 0 Å². The molecule has 1 aromatic carbocycles. The van der Waals surface area contributed by atoms with Gasteiger partial charge in [-0.25, -0.2) is 0 Å². The molecule has 1 aliphatic rings. The van der Waals surface area contributed by atoms with E-state index < -0.39 is 0 Å². The summed E-state index contributed by atoms with van der Waals surface area (Å²) in [7, 11) is 0. The third-order valence-corrected chi connectivity index (χ3v) is 4.60. The van der Waals surface area contributed by atoms with Crippen LogP contribution in [0.1, 0.15) is 32.3 Å². The van der Waals surface area contributed by atoms with Crippen LogP contribution in [0.3, 0.4) is 0 Å². The van der Waals surface area contributed by atoms with Crippen molar-refractivity contribution in [3.63, 3.8) is 0 Å². The zero-order chi connectivity index (χ0) is 14.0. The van der Waals surface area contributed by atoms with Crippen molar-refractivity contribution in [3.05, 3.63) is 34.3 Å². The zero-order valence-electron chi connectivity index (χ0n) is 11.9. The number of nitrogens with zero attached hydrogens (tertiary/aromatic N) is 1. The molecular weight excluding hydrogens is 302 g/mol. The highest BCUT2D eigenvalue weighted by Crippen LogP contribution is 2.31. The number of likely N-dealkylation sites (N-methyl/N-ethyl adjacent to an activating group) is 1. The lowest BCUT2D eigenvalue weighted by molar-refractivity contribution is -0.129. The van der Waals surface area contributed by atoms with Crippen LogP contribution in [0.15, 0.2) is 28.7 Å². The molecule has 0 bridgehead atoms. The predicted molar refractivity (Wildman–Crippen MR) is 82.3 cm³/mol. The van der Waals surface area contributed by atoms with Gasteiger partial charge in [0.15, 0.2) is 0 Å². The highest BCUT2D eigenvalue weighted by Gasteiger charge is 2.36. The van der Waals surface area contributed by atoms with Crippen LogP contribution in [-0.4, -0.2) is 30.3 Å². The number of hydrogen-bond acceptors (Lipinski definition) is 2. The van der Waals surface area contributed by atoms with Gasteiger partial charge in [0, 0.05) is 23.5 Å². The summed E-state index contributed by atoms with van der Waals surface area (Å²) in [6.45, 7) is 9.26. The Morgan fingerprint density at radius 2 is 2.11 bits per heavy atom. The number of carbonyl (C=O) groups excluding carboxylic acids is 1. The van der Waals surface area contributed by atoms with Crippen LogP contribution in [0.25, 0.3) is 0 Å². The molecule has 0 N–H and O–H groups in total. The number of likely N-dealkylation sites (tertiary alicyclic amines) is 1. The van der Waals surface area contributed by atoms with Gasteiger partial charge in [-0.2, -0.15) is 0 Å². The molecule has 1 aromatic rings. The fraction of sp³-hybridized carbons (Fsp3) is 0.562. The van der Waals surface area contributed by atoms with Crippen LogP contribution in [0, 0.1) is 11.8 Å². The summed E-state index contributed by atoms with van der Waals surface area (Å²) in [5.41, 5.74) is 1.14. The van der Waals surface area contributed by atoms with Crippen molar-refractivity contribution in [2.45, 2.75) is 26.7 Å². The van der Waals surface area contributed by atoms with E-state index in [1.54, 1.807) is 0 Å². The van der Waals surface area contributed by atoms with Crippen LogP contribution in [-0.2, 0) is 4.79 Å². The summed E-state index contributed by atoms with van der Waals surface area (Å²) < 4.78 is 1.05. The number of rotatable bonds is 3. The van der Waals surface area contributed by atoms with E-state index in [1.807, 2.05) is 12.1 Å². The fourth-order valence-electron chi connectivity index (χ4n) is 2.84. The standard InChI is InChI=1S/C16H22BrNO/c1-4-18-9-14(11(2)3)16(19)15(10-18)12-6-5-7-13(17)8-12/h5-8,11,14-15H,4,9-10H2,1-3H3. The minimum absolute atomic E-state index is 0.0265. The third-order valence-electron chi connectivity index (χ3n) is 4.11. The van der Waals surface area contributed by atoms with E-state index in [0.29, 0.717) is 11.7 Å². The van der Waals surface area contributed by atoms with E-state index in [2.05, 4.69) is 53.7 Å². The lowest BCUT2D eigenvalue weighted by atomic mass is 9.78. The van der Waals surface area contributed by atoms with Crippen molar-refractivity contribution in [1.29, 1.82) is 0 Å². The van der Waals surface area contributed by atoms with E-state index in [4.69, 9.17) is 0 Å². The molecule has 0 aliphatic carbocycles. The first-order chi connectivity index (χ1) is 9.02. The molecule has 2 atom stereocenters. The van der Waals surface area contributed by atoms with Crippen molar-refractivity contribution < 1.29 is 4.79 Å². The Morgan fingerprint density at radius 3 is 2.68 bits per heavy atom. The third kappa shape index (κ3) is 3.26. The Hall–Kier alpha value is -0.670. The first-order valence-electron chi connectivity index (χ1n) is 7.04. The van der Waals surface area contributed by atoms with E-state index >= 15 is 0 Å². The maximum atomic E-state index is 12.7. The molecule has 1 saturated heterocycles. The molecular formula is C16H22BrNO. The van der Waals surface area contributed by atoms with Gasteiger partial charge in [-0.3, -0.25) is 4.79 Å². The molecule has 0 spiro atoms. The van der Waals surface area contributed by atoms with Crippen molar-refractivity contribution in [3.8, 4) is 0 Å². The Bertz CT molecular complexity index is 458. The molecule has 3 heteroatoms. The van der Waals surface area contributed by atoms with Gasteiger partial charge in [0.1, 0.15) is 5.78 Å². The predicted octanol–water partition coefficient (Wildman–Crippen LogP) is 3.71. The van der Waals surface area contributed by atoms with Crippen LogP contribution >= 0.6 is 15.9 Å². The molecule has 0 radical (unpaired) electrons. The minimum Gasteiger partial charge on any atom is -0.302 e. The SMILES string of the molecule is CCN1CC(c2cccc(Br)c2)C(=O)C(C(C)C)C1. The molecule has 2 rings (SSSR count). The quantitative estimate of drug-likeness (QED) is 0.845. The van der Waals surface area contributed by atoms with E-state index in [0.717, 1.165) is 29.7 Å². The van der Waals surface area contributed by atoms with Gasteiger partial charge >= 0.3 is 0 Å². The molecule has 1 heterocycles. The first-order valence-corrected chi connectivity index (χ1v) is 7.83. The molecule has 104 valence electrons. The molecule has 0 amide bonds. The average Bonchev–Trinajstić information content (AvgIpc) is 2.38. The fourth-order valence-corrected chi connectivity index (χ4v) is 3.26. The summed E-state index contributed by atoms with van der Waals surface area (Å²) in [6.07, 6.45) is 0. The maximum Gasteiger partial charge on any atom is 0.146 e. The van der Waals surface area contributed by atoms with Gasteiger partial charge < -0.3 is 4.90 Å². The maximum absolute atomic E-state index is 12.7. The van der Waals surface area contributed by atoms with Gasteiger partial charge in [-0.05, 0) is 30.2 Å². The molecule has 2 nitrogen and oxygen atoms in total. The lowest BCUT2D eigenvalue weighted by Gasteiger charge is -2.38. The number of piperidine rings is 1. The highest BCUT2D eigenvalue weighted by atomic mass is 79.9. The smallest absolute Gasteiger partial charge is 0.146 e. The van der Waals surface area contributed by atoms with Crippen molar-refractivity contribution in [2.75, 3.05) is 19.6 Å². The minimum atomic E-state index is 0.0265. The Kier molecular flexibility index (Phi) is 4.80. The van der Waals surface area contributed by atoms with Crippen molar-refractivity contribution in [2.24, 2.45) is 11.8 Å². The Labute approximate surface area is 124 Å². The highest BCUT2D eigenvalue weighted by molar-refractivity contribution is 9.10. The number of hydrogen-bond donors (Lipinski definition) is 0. The molecule has 0 aromatic heterocycles. The lowest BCUT2D eigenvalue weighted by Crippen LogP contribution is -2.47. The number of benzene rings is 1. The molecule has 2 unspecified atom stereocenters. The molecule has 1 fully saturated rings. The summed E-state index contributed by atoms with van der Waals surface area (Å²) in [6, 6.07) is 8.18. The van der Waals surface area contributed by atoms with E-state index in [1.165, 1.54) is 0 Å². The summed E-state index contributed by atoms with van der Waals surface area (Å²) >= 11 is 3.50. The zero-order valence-corrected chi connectivity index (χ0v) is 13.5. The molecule has 0 saturated carbocycles. The second kappa shape index (κ2) is 6.19. The Balaban J connectivity index is 2.29. The van der Waals surface area contributed by atoms with E-state index in [9.17, 15) is 4.79 Å². The molecule has 19 heavy (non-hydrogen) atoms. The van der Waals surface area contributed by atoms with Gasteiger partial charge in [0.05, 0.1) is 5.92 Å². The molecule has 1 aliphatic heterocycles. The average molecular weight is 324 g/mol. The normalized spacial score (nSPS) is 25.0. The monoisotopic (exact) mass is 323 g/mol. The van der Waals surface area contributed by atoms with Crippen LogP contribution < -0.4 is 0 Å². The second-order valence-corrected chi connectivity index (χ2v) is 6.63. The van der Waals surface area contributed by atoms with E-state index in [-0.39, 0.29) is 11.8 Å². The van der Waals surface area contributed by atoms with Gasteiger partial charge in [-0.1, -0.05) is 48.8 Å². The van der Waals surface area contributed by atoms with Crippen molar-refractivity contribution in [1.82, 2.24) is 4.90 Å². The van der Waals surface area contributed by atoms with Gasteiger partial charge in [-0.15, -0.1) is 0 Å². The van der Waals surface area contributed by atoms with Crippen molar-refractivity contribution >= 4 is 21.7 Å². The van der Waals surface area contributed by atoms with Crippen LogP contribution in [0.4, 0.5) is 0 Å². The first kappa shape index (κ1) is 14.7. The summed E-state index contributed by atoms with van der Waals surface area (Å²) in [4.78, 5) is 15.1. The number of halogens is 1. The summed E-state index contributed by atoms with van der Waals surface area (Å²) in [5, 5.41) is 0. The van der Waals surface area contributed by atoms with Gasteiger partial charge in [0.25, 0.3) is 0 Å². The number of ketones is 1. The second-order valence-electron chi connectivity index (χ2n) is 5.71. The van der Waals surface area contributed by atoms with Gasteiger partial charge in [0.2, 0.25) is 0 Å².